The SMILES string of the molecule is CCOC(=O)C(C)(C)C(C)(O)c1ccc(OC)cc1OC. The molecule has 0 fully saturated rings. The van der Waals surface area contributed by atoms with E-state index in [-0.39, 0.29) is 6.61 Å². The summed E-state index contributed by atoms with van der Waals surface area (Å²) in [6.45, 7) is 6.87. The molecule has 1 unspecified atom stereocenters. The van der Waals surface area contributed by atoms with Crippen LogP contribution in [0.5, 0.6) is 11.5 Å². The highest BCUT2D eigenvalue weighted by atomic mass is 16.5. The first kappa shape index (κ1) is 17.3. The Morgan fingerprint density at radius 3 is 2.29 bits per heavy atom. The molecule has 1 aromatic carbocycles. The fourth-order valence-electron chi connectivity index (χ4n) is 2.05. The molecule has 0 aliphatic rings. The van der Waals surface area contributed by atoms with Crippen LogP contribution in [0.3, 0.4) is 0 Å². The van der Waals surface area contributed by atoms with Crippen LogP contribution in [0.4, 0.5) is 0 Å². The standard InChI is InChI=1S/C16H24O5/c1-7-21-14(17)15(2,3)16(4,18)12-9-8-11(19-5)10-13(12)20-6/h8-10,18H,7H2,1-6H3. The predicted octanol–water partition coefficient (Wildman–Crippen LogP) is 2.50. The lowest BCUT2D eigenvalue weighted by Gasteiger charge is -2.38. The Bertz CT molecular complexity index is 505. The molecule has 0 spiro atoms. The van der Waals surface area contributed by atoms with Gasteiger partial charge in [0.2, 0.25) is 0 Å². The zero-order chi connectivity index (χ0) is 16.3. The first-order chi connectivity index (χ1) is 9.72. The average Bonchev–Trinajstić information content (AvgIpc) is 2.46. The second-order valence-corrected chi connectivity index (χ2v) is 5.48. The normalized spacial score (nSPS) is 14.2. The number of benzene rings is 1. The van der Waals surface area contributed by atoms with Crippen molar-refractivity contribution in [2.24, 2.45) is 5.41 Å². The topological polar surface area (TPSA) is 65.0 Å². The fraction of sp³-hybridized carbons (Fsp3) is 0.562. The highest BCUT2D eigenvalue weighted by molar-refractivity contribution is 5.78. The molecule has 0 amide bonds. The number of carbonyl (C=O) groups excluding carboxylic acids is 1. The van der Waals surface area contributed by atoms with Crippen molar-refractivity contribution < 1.29 is 24.1 Å². The van der Waals surface area contributed by atoms with Gasteiger partial charge in [-0.1, -0.05) is 0 Å². The molecule has 5 heteroatoms. The zero-order valence-electron chi connectivity index (χ0n) is 13.5. The van der Waals surface area contributed by atoms with Crippen molar-refractivity contribution in [3.05, 3.63) is 23.8 Å². The maximum Gasteiger partial charge on any atom is 0.314 e. The van der Waals surface area contributed by atoms with Gasteiger partial charge in [-0.15, -0.1) is 0 Å². The number of hydrogen-bond donors (Lipinski definition) is 1. The third-order valence-corrected chi connectivity index (χ3v) is 3.94. The van der Waals surface area contributed by atoms with Gasteiger partial charge in [0.15, 0.2) is 0 Å². The molecule has 0 heterocycles. The van der Waals surface area contributed by atoms with Gasteiger partial charge in [0.05, 0.1) is 26.2 Å². The van der Waals surface area contributed by atoms with Gasteiger partial charge in [-0.3, -0.25) is 4.79 Å². The van der Waals surface area contributed by atoms with Gasteiger partial charge in [0.1, 0.15) is 17.1 Å². The van der Waals surface area contributed by atoms with Crippen LogP contribution >= 0.6 is 0 Å². The van der Waals surface area contributed by atoms with Crippen LogP contribution in [0.1, 0.15) is 33.3 Å². The molecule has 0 aliphatic carbocycles. The first-order valence-corrected chi connectivity index (χ1v) is 6.84. The van der Waals surface area contributed by atoms with E-state index in [1.807, 2.05) is 0 Å². The summed E-state index contributed by atoms with van der Waals surface area (Å²) in [6.07, 6.45) is 0. The van der Waals surface area contributed by atoms with E-state index in [1.165, 1.54) is 7.11 Å². The zero-order valence-corrected chi connectivity index (χ0v) is 13.5. The van der Waals surface area contributed by atoms with Crippen molar-refractivity contribution in [2.45, 2.75) is 33.3 Å². The lowest BCUT2D eigenvalue weighted by molar-refractivity contribution is -0.170. The summed E-state index contributed by atoms with van der Waals surface area (Å²) in [7, 11) is 3.06. The van der Waals surface area contributed by atoms with Crippen molar-refractivity contribution in [2.75, 3.05) is 20.8 Å². The van der Waals surface area contributed by atoms with Crippen LogP contribution in [-0.4, -0.2) is 31.9 Å². The Morgan fingerprint density at radius 2 is 1.81 bits per heavy atom. The third-order valence-electron chi connectivity index (χ3n) is 3.94. The van der Waals surface area contributed by atoms with Crippen LogP contribution in [0, 0.1) is 5.41 Å². The third kappa shape index (κ3) is 3.13. The van der Waals surface area contributed by atoms with Gasteiger partial charge >= 0.3 is 5.97 Å². The fourth-order valence-corrected chi connectivity index (χ4v) is 2.05. The molecular weight excluding hydrogens is 272 g/mol. The highest BCUT2D eigenvalue weighted by Gasteiger charge is 2.49. The second kappa shape index (κ2) is 6.35. The molecule has 0 aromatic heterocycles. The van der Waals surface area contributed by atoms with E-state index in [2.05, 4.69) is 0 Å². The molecule has 0 aliphatic heterocycles. The van der Waals surface area contributed by atoms with Crippen molar-refractivity contribution in [3.8, 4) is 11.5 Å². The molecule has 1 rings (SSSR count). The van der Waals surface area contributed by atoms with Crippen LogP contribution < -0.4 is 9.47 Å². The summed E-state index contributed by atoms with van der Waals surface area (Å²) in [5.41, 5.74) is -2.09. The number of ether oxygens (including phenoxy) is 3. The Labute approximate surface area is 125 Å². The molecule has 1 N–H and O–H groups in total. The van der Waals surface area contributed by atoms with Crippen molar-refractivity contribution in [3.63, 3.8) is 0 Å². The molecule has 0 radical (unpaired) electrons. The minimum Gasteiger partial charge on any atom is -0.497 e. The van der Waals surface area contributed by atoms with Gasteiger partial charge in [-0.05, 0) is 39.8 Å². The number of hydrogen-bond acceptors (Lipinski definition) is 5. The summed E-state index contributed by atoms with van der Waals surface area (Å²) in [5.74, 6) is 0.602. The van der Waals surface area contributed by atoms with Gasteiger partial charge in [-0.2, -0.15) is 0 Å². The van der Waals surface area contributed by atoms with E-state index in [4.69, 9.17) is 14.2 Å². The van der Waals surface area contributed by atoms with Gasteiger partial charge in [-0.25, -0.2) is 0 Å². The van der Waals surface area contributed by atoms with Gasteiger partial charge in [0, 0.05) is 11.6 Å². The maximum atomic E-state index is 12.2. The van der Waals surface area contributed by atoms with Crippen molar-refractivity contribution >= 4 is 5.97 Å². The van der Waals surface area contributed by atoms with Crippen LogP contribution in [0.25, 0.3) is 0 Å². The Hall–Kier alpha value is -1.75. The number of carbonyl (C=O) groups is 1. The second-order valence-electron chi connectivity index (χ2n) is 5.48. The van der Waals surface area contributed by atoms with E-state index in [1.54, 1.807) is 53.0 Å². The molecular formula is C16H24O5. The molecule has 0 saturated carbocycles. The van der Waals surface area contributed by atoms with E-state index in [9.17, 15) is 9.90 Å². The van der Waals surface area contributed by atoms with E-state index >= 15 is 0 Å². The number of aliphatic hydroxyl groups is 1. The van der Waals surface area contributed by atoms with Gasteiger partial charge in [0.25, 0.3) is 0 Å². The Morgan fingerprint density at radius 1 is 1.19 bits per heavy atom. The number of rotatable bonds is 6. The predicted molar refractivity (Wildman–Crippen MR) is 79.5 cm³/mol. The molecule has 0 bridgehead atoms. The monoisotopic (exact) mass is 296 g/mol. The Kier molecular flexibility index (Phi) is 5.23. The molecule has 0 saturated heterocycles. The van der Waals surface area contributed by atoms with Crippen LogP contribution in [-0.2, 0) is 15.1 Å². The molecule has 118 valence electrons. The summed E-state index contributed by atoms with van der Waals surface area (Å²) < 4.78 is 15.5. The number of esters is 1. The minimum atomic E-state index is -1.46. The van der Waals surface area contributed by atoms with E-state index in [0.29, 0.717) is 17.1 Å². The minimum absolute atomic E-state index is 0.262. The van der Waals surface area contributed by atoms with Gasteiger partial charge < -0.3 is 19.3 Å². The highest BCUT2D eigenvalue weighted by Crippen LogP contribution is 2.44. The van der Waals surface area contributed by atoms with E-state index in [0.717, 1.165) is 0 Å². The lowest BCUT2D eigenvalue weighted by atomic mass is 9.71. The first-order valence-electron chi connectivity index (χ1n) is 6.84. The maximum absolute atomic E-state index is 12.2. The largest absolute Gasteiger partial charge is 0.497 e. The van der Waals surface area contributed by atoms with E-state index < -0.39 is 17.0 Å². The summed E-state index contributed by atoms with van der Waals surface area (Å²) in [4.78, 5) is 12.2. The molecule has 1 aromatic rings. The molecule has 21 heavy (non-hydrogen) atoms. The average molecular weight is 296 g/mol. The molecule has 5 nitrogen and oxygen atoms in total. The lowest BCUT2D eigenvalue weighted by Crippen LogP contribution is -2.46. The number of methoxy groups -OCH3 is 2. The smallest absolute Gasteiger partial charge is 0.314 e. The van der Waals surface area contributed by atoms with Crippen molar-refractivity contribution in [1.29, 1.82) is 0 Å². The Balaban J connectivity index is 3.32. The summed E-state index contributed by atoms with van der Waals surface area (Å²) >= 11 is 0. The summed E-state index contributed by atoms with van der Waals surface area (Å²) in [5, 5.41) is 11.0. The quantitative estimate of drug-likeness (QED) is 0.817. The van der Waals surface area contributed by atoms with Crippen molar-refractivity contribution in [1.82, 2.24) is 0 Å². The molecule has 1 atom stereocenters. The summed E-state index contributed by atoms with van der Waals surface area (Å²) in [6, 6.07) is 5.08. The van der Waals surface area contributed by atoms with Crippen LogP contribution in [0.2, 0.25) is 0 Å². The van der Waals surface area contributed by atoms with Crippen LogP contribution in [0.15, 0.2) is 18.2 Å².